The van der Waals surface area contributed by atoms with Gasteiger partial charge < -0.3 is 16.1 Å². The van der Waals surface area contributed by atoms with Gasteiger partial charge in [0.15, 0.2) is 0 Å². The highest BCUT2D eigenvalue weighted by Gasteiger charge is 2.31. The maximum atomic E-state index is 13.2. The maximum Gasteiger partial charge on any atom is 0.416 e. The van der Waals surface area contributed by atoms with E-state index in [4.69, 9.17) is 0 Å². The predicted octanol–water partition coefficient (Wildman–Crippen LogP) is 4.57. The van der Waals surface area contributed by atoms with Crippen LogP contribution in [0.3, 0.4) is 0 Å². The summed E-state index contributed by atoms with van der Waals surface area (Å²) in [6, 6.07) is 8.32. The van der Waals surface area contributed by atoms with E-state index >= 15 is 0 Å². The van der Waals surface area contributed by atoms with Crippen LogP contribution >= 0.6 is 0 Å². The zero-order chi connectivity index (χ0) is 25.3. The summed E-state index contributed by atoms with van der Waals surface area (Å²) in [5, 5.41) is 11.6. The highest BCUT2D eigenvalue weighted by Crippen LogP contribution is 2.34. The molecule has 2 aromatic carbocycles. The van der Waals surface area contributed by atoms with Crippen molar-refractivity contribution < 1.29 is 18.0 Å². The molecule has 1 aromatic heterocycles. The number of hydrogen-bond donors (Lipinski definition) is 4. The van der Waals surface area contributed by atoms with Crippen LogP contribution in [0.5, 0.6) is 0 Å². The first kappa shape index (κ1) is 24.1. The van der Waals surface area contributed by atoms with Crippen molar-refractivity contribution in [2.24, 2.45) is 7.05 Å². The highest BCUT2D eigenvalue weighted by atomic mass is 19.4. The first-order valence-electron chi connectivity index (χ1n) is 11.0. The number of carbonyl (C=O) groups is 1. The van der Waals surface area contributed by atoms with Gasteiger partial charge >= 0.3 is 6.18 Å². The minimum absolute atomic E-state index is 0.0593. The Hall–Kier alpha value is -3.99. The summed E-state index contributed by atoms with van der Waals surface area (Å²) in [6.45, 7) is 6.16. The molecule has 0 saturated carbocycles. The minimum Gasteiger partial charge on any atom is -0.384 e. The average molecular weight is 486 g/mol. The molecule has 184 valence electrons. The van der Waals surface area contributed by atoms with Crippen molar-refractivity contribution in [3.63, 3.8) is 0 Å². The number of nitrogens with one attached hydrogen (secondary N) is 4. The van der Waals surface area contributed by atoms with E-state index in [1.807, 2.05) is 34.0 Å². The molecule has 11 heteroatoms. The molecule has 2 heterocycles. The van der Waals surface area contributed by atoms with Gasteiger partial charge in [0.2, 0.25) is 0 Å². The van der Waals surface area contributed by atoms with E-state index < -0.39 is 17.6 Å². The van der Waals surface area contributed by atoms with E-state index in [0.717, 1.165) is 34.7 Å². The van der Waals surface area contributed by atoms with E-state index in [9.17, 15) is 18.0 Å². The molecule has 0 radical (unpaired) electrons. The van der Waals surface area contributed by atoms with E-state index in [-0.39, 0.29) is 5.69 Å². The smallest absolute Gasteiger partial charge is 0.384 e. The summed E-state index contributed by atoms with van der Waals surface area (Å²) in [5.74, 6) is -0.524. The van der Waals surface area contributed by atoms with Crippen molar-refractivity contribution in [1.82, 2.24) is 20.7 Å². The second kappa shape index (κ2) is 9.34. The summed E-state index contributed by atoms with van der Waals surface area (Å²) >= 11 is 0. The molecule has 8 nitrogen and oxygen atoms in total. The number of aryl methyl sites for hydroxylation is 2. The molecule has 4 N–H and O–H groups in total. The highest BCUT2D eigenvalue weighted by molar-refractivity contribution is 6.06. The number of hydrazine groups is 2. The summed E-state index contributed by atoms with van der Waals surface area (Å²) in [4.78, 5) is 13.0. The molecule has 3 aromatic rings. The average Bonchev–Trinajstić information content (AvgIpc) is 3.41. The van der Waals surface area contributed by atoms with Crippen LogP contribution in [0.25, 0.3) is 5.70 Å². The Morgan fingerprint density at radius 1 is 1.11 bits per heavy atom. The van der Waals surface area contributed by atoms with Gasteiger partial charge in [-0.1, -0.05) is 6.07 Å². The lowest BCUT2D eigenvalue weighted by molar-refractivity contribution is -0.137. The van der Waals surface area contributed by atoms with Gasteiger partial charge in [-0.05, 0) is 56.7 Å². The first-order chi connectivity index (χ1) is 16.6. The van der Waals surface area contributed by atoms with Gasteiger partial charge in [-0.15, -0.1) is 5.53 Å². The van der Waals surface area contributed by atoms with Gasteiger partial charge in [-0.2, -0.15) is 18.3 Å². The van der Waals surface area contributed by atoms with Crippen LogP contribution in [0.1, 0.15) is 39.7 Å². The SMILES string of the molecule is CCNc1ccc(C(F)(F)F)cc1NC(=O)c1ccc(C)c(N2C=C(c3cnn(C)c3C)NN2)c1. The number of amides is 1. The van der Waals surface area contributed by atoms with Crippen LogP contribution in [0.4, 0.5) is 30.2 Å². The standard InChI is InChI=1S/C24H26F3N7O/c1-5-28-19-9-8-17(24(25,26)27)11-20(19)30-23(35)16-7-6-14(2)22(10-16)34-13-21(31-32-34)18-12-29-33(4)15(18)3/h6-13,28,31-32H,5H2,1-4H3,(H,30,35). The third-order valence-electron chi connectivity index (χ3n) is 5.79. The Bertz CT molecular complexity index is 1300. The molecule has 1 aliphatic rings. The minimum atomic E-state index is -4.52. The fourth-order valence-corrected chi connectivity index (χ4v) is 3.72. The predicted molar refractivity (Wildman–Crippen MR) is 129 cm³/mol. The van der Waals surface area contributed by atoms with Gasteiger partial charge in [0, 0.05) is 36.6 Å². The van der Waals surface area contributed by atoms with Crippen LogP contribution in [0.15, 0.2) is 48.8 Å². The Morgan fingerprint density at radius 3 is 2.54 bits per heavy atom. The van der Waals surface area contributed by atoms with Gasteiger partial charge in [0.1, 0.15) is 0 Å². The van der Waals surface area contributed by atoms with Crippen molar-refractivity contribution in [3.05, 3.63) is 76.7 Å². The fraction of sp³-hybridized carbons (Fsp3) is 0.250. The van der Waals surface area contributed by atoms with Gasteiger partial charge in [0.25, 0.3) is 5.91 Å². The maximum absolute atomic E-state index is 13.2. The van der Waals surface area contributed by atoms with E-state index in [1.165, 1.54) is 6.07 Å². The summed E-state index contributed by atoms with van der Waals surface area (Å²) in [5.41, 5.74) is 10.4. The molecule has 0 saturated heterocycles. The number of anilines is 3. The van der Waals surface area contributed by atoms with Gasteiger partial charge in [-0.25, -0.2) is 0 Å². The molecule has 0 spiro atoms. The first-order valence-corrected chi connectivity index (χ1v) is 11.0. The van der Waals surface area contributed by atoms with Crippen LogP contribution in [0.2, 0.25) is 0 Å². The number of benzene rings is 2. The number of nitrogens with zero attached hydrogens (tertiary/aromatic N) is 3. The van der Waals surface area contributed by atoms with E-state index in [1.54, 1.807) is 34.1 Å². The van der Waals surface area contributed by atoms with Crippen molar-refractivity contribution in [2.45, 2.75) is 26.9 Å². The lowest BCUT2D eigenvalue weighted by atomic mass is 10.1. The molecule has 1 aliphatic heterocycles. The van der Waals surface area contributed by atoms with Gasteiger partial charge in [-0.3, -0.25) is 14.5 Å². The third kappa shape index (κ3) is 4.94. The summed E-state index contributed by atoms with van der Waals surface area (Å²) in [6.07, 6.45) is -0.913. The Balaban J connectivity index is 1.61. The Kier molecular flexibility index (Phi) is 6.44. The normalized spacial score (nSPS) is 13.5. The molecule has 0 unspecified atom stereocenters. The number of rotatable bonds is 6. The molecule has 4 rings (SSSR count). The zero-order valence-electron chi connectivity index (χ0n) is 19.7. The number of carbonyl (C=O) groups excluding carboxylic acids is 1. The van der Waals surface area contributed by atoms with Crippen molar-refractivity contribution in [2.75, 3.05) is 22.2 Å². The quantitative estimate of drug-likeness (QED) is 0.409. The lowest BCUT2D eigenvalue weighted by Crippen LogP contribution is -2.36. The molecule has 1 amide bonds. The number of aromatic nitrogens is 2. The van der Waals surface area contributed by atoms with E-state index in [2.05, 4.69) is 26.7 Å². The lowest BCUT2D eigenvalue weighted by Gasteiger charge is -2.19. The Morgan fingerprint density at radius 2 is 1.89 bits per heavy atom. The van der Waals surface area contributed by atoms with Crippen LogP contribution in [0, 0.1) is 13.8 Å². The molecular formula is C24H26F3N7O. The largest absolute Gasteiger partial charge is 0.416 e. The Labute approximate surface area is 200 Å². The van der Waals surface area contributed by atoms with Crippen molar-refractivity contribution in [1.29, 1.82) is 0 Å². The topological polar surface area (TPSA) is 86.2 Å². The second-order valence-electron chi connectivity index (χ2n) is 8.16. The number of halogens is 3. The van der Waals surface area contributed by atoms with Crippen LogP contribution < -0.4 is 26.6 Å². The molecule has 0 atom stereocenters. The fourth-order valence-electron chi connectivity index (χ4n) is 3.72. The third-order valence-corrected chi connectivity index (χ3v) is 5.79. The summed E-state index contributed by atoms with van der Waals surface area (Å²) in [7, 11) is 1.86. The number of alkyl halides is 3. The van der Waals surface area contributed by atoms with Crippen LogP contribution in [-0.4, -0.2) is 22.2 Å². The molecule has 0 fully saturated rings. The number of hydrogen-bond acceptors (Lipinski definition) is 6. The second-order valence-corrected chi connectivity index (χ2v) is 8.16. The van der Waals surface area contributed by atoms with Crippen LogP contribution in [-0.2, 0) is 13.2 Å². The van der Waals surface area contributed by atoms with Gasteiger partial charge in [0.05, 0.1) is 34.5 Å². The monoisotopic (exact) mass is 485 g/mol. The van der Waals surface area contributed by atoms with Crippen molar-refractivity contribution in [3.8, 4) is 0 Å². The van der Waals surface area contributed by atoms with E-state index in [0.29, 0.717) is 23.5 Å². The zero-order valence-corrected chi connectivity index (χ0v) is 19.7. The summed E-state index contributed by atoms with van der Waals surface area (Å²) < 4.78 is 41.5. The molecule has 0 bridgehead atoms. The molecular weight excluding hydrogens is 459 g/mol. The molecule has 35 heavy (non-hydrogen) atoms. The molecule has 0 aliphatic carbocycles. The van der Waals surface area contributed by atoms with Crippen molar-refractivity contribution >= 4 is 28.7 Å².